The first-order valence-corrected chi connectivity index (χ1v) is 14.6. The standard InChI is InChI=1S/C31H33N3O7S/c1-4-16-40-22-13-9-21(10-14-22)30(37)41-23-11-7-20(8-12-23)18-32-34-28(36)27(35)33-29-26(31(38)39-5-2)24-15-6-19(3)17-25(24)42-29/h7-14,18-19H,4-6,15-17H2,1-3H3,(H,33,35)(H,34,36)/b32-18-/t19-/m0/s1. The molecule has 1 aliphatic rings. The Morgan fingerprint density at radius 3 is 2.38 bits per heavy atom. The number of nitrogens with one attached hydrogen (secondary N) is 2. The van der Waals surface area contributed by atoms with Crippen molar-refractivity contribution in [1.29, 1.82) is 0 Å². The van der Waals surface area contributed by atoms with Gasteiger partial charge in [0.1, 0.15) is 16.5 Å². The van der Waals surface area contributed by atoms with Crippen LogP contribution >= 0.6 is 11.3 Å². The van der Waals surface area contributed by atoms with Crippen molar-refractivity contribution in [1.82, 2.24) is 5.43 Å². The molecule has 2 N–H and O–H groups in total. The molecule has 1 aliphatic carbocycles. The van der Waals surface area contributed by atoms with Gasteiger partial charge in [-0.1, -0.05) is 13.8 Å². The number of benzene rings is 2. The van der Waals surface area contributed by atoms with E-state index in [0.29, 0.717) is 52.1 Å². The van der Waals surface area contributed by atoms with Gasteiger partial charge in [-0.25, -0.2) is 15.0 Å². The second kappa shape index (κ2) is 14.4. The molecule has 0 unspecified atom stereocenters. The summed E-state index contributed by atoms with van der Waals surface area (Å²) in [5, 5.41) is 6.71. The molecule has 10 nitrogen and oxygen atoms in total. The lowest BCUT2D eigenvalue weighted by molar-refractivity contribution is -0.136. The molecule has 0 spiro atoms. The third-order valence-electron chi connectivity index (χ3n) is 6.46. The van der Waals surface area contributed by atoms with E-state index in [0.717, 1.165) is 29.7 Å². The Morgan fingerprint density at radius 1 is 0.976 bits per heavy atom. The average molecular weight is 592 g/mol. The third-order valence-corrected chi connectivity index (χ3v) is 7.63. The maximum Gasteiger partial charge on any atom is 0.343 e. The Morgan fingerprint density at radius 2 is 1.69 bits per heavy atom. The van der Waals surface area contributed by atoms with Crippen LogP contribution < -0.4 is 20.2 Å². The topological polar surface area (TPSA) is 132 Å². The summed E-state index contributed by atoms with van der Waals surface area (Å²) in [6, 6.07) is 13.2. The number of thiophene rings is 1. The molecule has 1 aromatic heterocycles. The molecule has 0 bridgehead atoms. The average Bonchev–Trinajstić information content (AvgIpc) is 3.34. The van der Waals surface area contributed by atoms with Gasteiger partial charge in [-0.05, 0) is 98.2 Å². The number of carbonyl (C=O) groups excluding carboxylic acids is 4. The minimum Gasteiger partial charge on any atom is -0.494 e. The maximum atomic E-state index is 12.6. The highest BCUT2D eigenvalue weighted by atomic mass is 32.1. The van der Waals surface area contributed by atoms with E-state index in [1.807, 2.05) is 6.92 Å². The minimum atomic E-state index is -0.988. The zero-order valence-electron chi connectivity index (χ0n) is 23.7. The van der Waals surface area contributed by atoms with E-state index < -0.39 is 23.8 Å². The summed E-state index contributed by atoms with van der Waals surface area (Å²) in [6.45, 7) is 6.67. The van der Waals surface area contributed by atoms with Crippen LogP contribution in [0.2, 0.25) is 0 Å². The van der Waals surface area contributed by atoms with Crippen LogP contribution in [0.3, 0.4) is 0 Å². The van der Waals surface area contributed by atoms with Crippen LogP contribution in [0.15, 0.2) is 53.6 Å². The van der Waals surface area contributed by atoms with Crippen LogP contribution in [0, 0.1) is 5.92 Å². The Labute approximate surface area is 248 Å². The van der Waals surface area contributed by atoms with E-state index in [1.165, 1.54) is 17.6 Å². The SMILES string of the molecule is CCCOc1ccc(C(=O)Oc2ccc(/C=N\NC(=O)C(=O)Nc3sc4c(c3C(=O)OCC)CC[C@H](C)C4)cc2)cc1. The van der Waals surface area contributed by atoms with Crippen molar-refractivity contribution in [2.45, 2.75) is 46.5 Å². The molecule has 42 heavy (non-hydrogen) atoms. The normalized spacial score (nSPS) is 14.1. The Balaban J connectivity index is 1.31. The highest BCUT2D eigenvalue weighted by Crippen LogP contribution is 2.40. The molecule has 0 aliphatic heterocycles. The second-order valence-electron chi connectivity index (χ2n) is 9.76. The number of esters is 2. The van der Waals surface area contributed by atoms with Gasteiger partial charge < -0.3 is 19.5 Å². The summed E-state index contributed by atoms with van der Waals surface area (Å²) in [7, 11) is 0. The van der Waals surface area contributed by atoms with Gasteiger partial charge >= 0.3 is 23.8 Å². The number of carbonyl (C=O) groups is 4. The summed E-state index contributed by atoms with van der Waals surface area (Å²) in [4.78, 5) is 51.1. The predicted octanol–water partition coefficient (Wildman–Crippen LogP) is 5.15. The summed E-state index contributed by atoms with van der Waals surface area (Å²) >= 11 is 1.30. The van der Waals surface area contributed by atoms with Gasteiger partial charge in [-0.3, -0.25) is 9.59 Å². The number of amides is 2. The van der Waals surface area contributed by atoms with Gasteiger partial charge in [-0.15, -0.1) is 11.3 Å². The lowest BCUT2D eigenvalue weighted by Crippen LogP contribution is -2.32. The van der Waals surface area contributed by atoms with E-state index in [4.69, 9.17) is 14.2 Å². The second-order valence-corrected chi connectivity index (χ2v) is 10.9. The molecule has 4 rings (SSSR count). The molecule has 3 aromatic rings. The molecule has 1 heterocycles. The number of ether oxygens (including phenoxy) is 3. The van der Waals surface area contributed by atoms with E-state index >= 15 is 0 Å². The van der Waals surface area contributed by atoms with Gasteiger partial charge in [0.2, 0.25) is 0 Å². The third kappa shape index (κ3) is 7.82. The van der Waals surface area contributed by atoms with E-state index in [1.54, 1.807) is 55.5 Å². The fourth-order valence-electron chi connectivity index (χ4n) is 4.33. The minimum absolute atomic E-state index is 0.203. The lowest BCUT2D eigenvalue weighted by atomic mass is 9.88. The molecule has 2 amide bonds. The Hall–Kier alpha value is -4.51. The van der Waals surface area contributed by atoms with Gasteiger partial charge in [-0.2, -0.15) is 5.10 Å². The molecule has 2 aromatic carbocycles. The summed E-state index contributed by atoms with van der Waals surface area (Å²) < 4.78 is 16.1. The van der Waals surface area contributed by atoms with Crippen molar-refractivity contribution in [3.8, 4) is 11.5 Å². The summed E-state index contributed by atoms with van der Waals surface area (Å²) in [6.07, 6.45) is 4.69. The van der Waals surface area contributed by atoms with E-state index in [2.05, 4.69) is 22.8 Å². The van der Waals surface area contributed by atoms with Gasteiger partial charge in [0.05, 0.1) is 30.6 Å². The summed E-state index contributed by atoms with van der Waals surface area (Å²) in [5.74, 6) is -1.47. The van der Waals surface area contributed by atoms with Crippen LogP contribution in [0.5, 0.6) is 11.5 Å². The summed E-state index contributed by atoms with van der Waals surface area (Å²) in [5.41, 5.74) is 4.38. The quantitative estimate of drug-likeness (QED) is 0.110. The number of hydrogen-bond donors (Lipinski definition) is 2. The highest BCUT2D eigenvalue weighted by molar-refractivity contribution is 7.17. The van der Waals surface area contributed by atoms with Crippen molar-refractivity contribution in [3.63, 3.8) is 0 Å². The number of hydrogen-bond acceptors (Lipinski definition) is 9. The smallest absolute Gasteiger partial charge is 0.343 e. The van der Waals surface area contributed by atoms with Gasteiger partial charge in [0, 0.05) is 4.88 Å². The first-order chi connectivity index (χ1) is 20.3. The van der Waals surface area contributed by atoms with Crippen molar-refractivity contribution in [3.05, 3.63) is 75.7 Å². The number of anilines is 1. The van der Waals surface area contributed by atoms with Crippen molar-refractivity contribution in [2.75, 3.05) is 18.5 Å². The predicted molar refractivity (Wildman–Crippen MR) is 159 cm³/mol. The molecule has 0 fully saturated rings. The maximum absolute atomic E-state index is 12.6. The van der Waals surface area contributed by atoms with Crippen LogP contribution in [-0.2, 0) is 27.2 Å². The molecule has 1 atom stereocenters. The molecule has 0 radical (unpaired) electrons. The fraction of sp³-hybridized carbons (Fsp3) is 0.323. The van der Waals surface area contributed by atoms with Crippen LogP contribution in [0.1, 0.15) is 70.3 Å². The number of hydrazone groups is 1. The van der Waals surface area contributed by atoms with Crippen LogP contribution in [-0.4, -0.2) is 43.2 Å². The van der Waals surface area contributed by atoms with Gasteiger partial charge in [0.15, 0.2) is 0 Å². The Kier molecular flexibility index (Phi) is 10.4. The van der Waals surface area contributed by atoms with Crippen LogP contribution in [0.25, 0.3) is 0 Å². The molecule has 0 saturated carbocycles. The molecular weight excluding hydrogens is 558 g/mol. The molecular formula is C31H33N3O7S. The van der Waals surface area contributed by atoms with Crippen LogP contribution in [0.4, 0.5) is 5.00 Å². The first-order valence-electron chi connectivity index (χ1n) is 13.8. The highest BCUT2D eigenvalue weighted by Gasteiger charge is 2.30. The fourth-order valence-corrected chi connectivity index (χ4v) is 5.72. The van der Waals surface area contributed by atoms with Crippen molar-refractivity contribution >= 4 is 46.3 Å². The number of fused-ring (bicyclic) bond motifs is 1. The number of rotatable bonds is 10. The molecule has 220 valence electrons. The lowest BCUT2D eigenvalue weighted by Gasteiger charge is -2.18. The first kappa shape index (κ1) is 30.4. The van der Waals surface area contributed by atoms with Crippen molar-refractivity contribution in [2.24, 2.45) is 11.0 Å². The number of nitrogens with zero attached hydrogens (tertiary/aromatic N) is 1. The van der Waals surface area contributed by atoms with Crippen molar-refractivity contribution < 1.29 is 33.4 Å². The Bertz CT molecular complexity index is 1460. The zero-order chi connectivity index (χ0) is 30.1. The van der Waals surface area contributed by atoms with Gasteiger partial charge in [0.25, 0.3) is 0 Å². The zero-order valence-corrected chi connectivity index (χ0v) is 24.5. The molecule has 11 heteroatoms. The molecule has 0 saturated heterocycles. The largest absolute Gasteiger partial charge is 0.494 e. The van der Waals surface area contributed by atoms with E-state index in [-0.39, 0.29) is 6.61 Å². The monoisotopic (exact) mass is 591 g/mol. The van der Waals surface area contributed by atoms with E-state index in [9.17, 15) is 19.2 Å².